The fourth-order valence-corrected chi connectivity index (χ4v) is 4.57. The Kier molecular flexibility index (Phi) is 6.48. The van der Waals surface area contributed by atoms with Gasteiger partial charge in [0.2, 0.25) is 5.65 Å². The standard InChI is InChI=1S/C25H24ClF3N6O/c1-32-11-2-12-33(14-13-32)22-21(18-5-9-20(26)10-6-18)15-30-35-23(22)31-34(24(35)36)16-17-3-7-19(8-4-17)25(27,28)29/h3-10,15H,2,11-14,16H2,1H3. The number of rotatable bonds is 4. The van der Waals surface area contributed by atoms with Gasteiger partial charge in [-0.25, -0.2) is 9.48 Å². The van der Waals surface area contributed by atoms with Gasteiger partial charge in [-0.15, -0.1) is 5.10 Å². The van der Waals surface area contributed by atoms with Crippen molar-refractivity contribution >= 4 is 22.9 Å². The van der Waals surface area contributed by atoms with Crippen molar-refractivity contribution in [1.29, 1.82) is 0 Å². The van der Waals surface area contributed by atoms with Gasteiger partial charge in [0.1, 0.15) is 0 Å². The maximum atomic E-state index is 13.2. The number of benzene rings is 2. The molecule has 2 aromatic carbocycles. The molecule has 0 saturated carbocycles. The number of aromatic nitrogens is 4. The van der Waals surface area contributed by atoms with Crippen molar-refractivity contribution in [3.8, 4) is 11.1 Å². The number of alkyl halides is 3. The number of fused-ring (bicyclic) bond motifs is 1. The molecule has 0 amide bonds. The van der Waals surface area contributed by atoms with Crippen molar-refractivity contribution in [1.82, 2.24) is 24.3 Å². The summed E-state index contributed by atoms with van der Waals surface area (Å²) < 4.78 is 41.3. The summed E-state index contributed by atoms with van der Waals surface area (Å²) in [5.74, 6) is 0. The van der Waals surface area contributed by atoms with Gasteiger partial charge in [-0.05, 0) is 55.4 Å². The summed E-state index contributed by atoms with van der Waals surface area (Å²) in [5, 5.41) is 9.61. The Bertz CT molecular complexity index is 1430. The second kappa shape index (κ2) is 9.59. The molecule has 3 heterocycles. The van der Waals surface area contributed by atoms with Crippen LogP contribution in [0.25, 0.3) is 16.8 Å². The lowest BCUT2D eigenvalue weighted by atomic mass is 10.1. The van der Waals surface area contributed by atoms with E-state index in [4.69, 9.17) is 11.6 Å². The van der Waals surface area contributed by atoms with E-state index in [2.05, 4.69) is 27.0 Å². The quantitative estimate of drug-likeness (QED) is 0.402. The number of hydrogen-bond donors (Lipinski definition) is 0. The molecule has 0 spiro atoms. The summed E-state index contributed by atoms with van der Waals surface area (Å²) in [6.07, 6.45) is -1.82. The summed E-state index contributed by atoms with van der Waals surface area (Å²) in [6.45, 7) is 3.37. The molecule has 0 radical (unpaired) electrons. The Hall–Kier alpha value is -3.37. The zero-order valence-corrected chi connectivity index (χ0v) is 20.3. The molecule has 2 aromatic heterocycles. The van der Waals surface area contributed by atoms with E-state index in [1.807, 2.05) is 12.1 Å². The fraction of sp³-hybridized carbons (Fsp3) is 0.320. The highest BCUT2D eigenvalue weighted by Crippen LogP contribution is 2.34. The van der Waals surface area contributed by atoms with E-state index in [0.29, 0.717) is 16.2 Å². The van der Waals surface area contributed by atoms with Crippen molar-refractivity contribution in [2.45, 2.75) is 19.1 Å². The average Bonchev–Trinajstić information content (AvgIpc) is 3.00. The van der Waals surface area contributed by atoms with Gasteiger partial charge in [0.15, 0.2) is 0 Å². The van der Waals surface area contributed by atoms with Crippen molar-refractivity contribution in [2.24, 2.45) is 0 Å². The van der Waals surface area contributed by atoms with Crippen LogP contribution in [0.2, 0.25) is 5.02 Å². The summed E-state index contributed by atoms with van der Waals surface area (Å²) in [7, 11) is 2.08. The molecule has 0 unspecified atom stereocenters. The van der Waals surface area contributed by atoms with Gasteiger partial charge in [-0.3, -0.25) is 0 Å². The largest absolute Gasteiger partial charge is 0.416 e. The maximum Gasteiger partial charge on any atom is 0.416 e. The molecule has 7 nitrogen and oxygen atoms in total. The summed E-state index contributed by atoms with van der Waals surface area (Å²) >= 11 is 6.10. The highest BCUT2D eigenvalue weighted by atomic mass is 35.5. The molecule has 0 bridgehead atoms. The second-order valence-electron chi connectivity index (χ2n) is 8.93. The third-order valence-electron chi connectivity index (χ3n) is 6.39. The molecule has 1 fully saturated rings. The van der Waals surface area contributed by atoms with E-state index in [-0.39, 0.29) is 6.54 Å². The summed E-state index contributed by atoms with van der Waals surface area (Å²) in [5.41, 5.74) is 2.26. The molecular weight excluding hydrogens is 493 g/mol. The van der Waals surface area contributed by atoms with E-state index in [1.54, 1.807) is 18.3 Å². The van der Waals surface area contributed by atoms with Crippen LogP contribution in [0.5, 0.6) is 0 Å². The summed E-state index contributed by atoms with van der Waals surface area (Å²) in [6, 6.07) is 12.1. The fourth-order valence-electron chi connectivity index (χ4n) is 4.45. The minimum Gasteiger partial charge on any atom is -0.367 e. The van der Waals surface area contributed by atoms with Crippen LogP contribution < -0.4 is 10.6 Å². The molecule has 1 aliphatic heterocycles. The smallest absolute Gasteiger partial charge is 0.367 e. The van der Waals surface area contributed by atoms with Crippen LogP contribution in [0.4, 0.5) is 18.9 Å². The molecule has 11 heteroatoms. The Morgan fingerprint density at radius 1 is 0.972 bits per heavy atom. The first-order valence-electron chi connectivity index (χ1n) is 11.5. The van der Waals surface area contributed by atoms with Crippen molar-refractivity contribution < 1.29 is 13.2 Å². The van der Waals surface area contributed by atoms with Crippen molar-refractivity contribution in [3.05, 3.63) is 81.4 Å². The first-order chi connectivity index (χ1) is 17.2. The highest BCUT2D eigenvalue weighted by Gasteiger charge is 2.30. The van der Waals surface area contributed by atoms with Gasteiger partial charge in [0, 0.05) is 30.2 Å². The van der Waals surface area contributed by atoms with Crippen LogP contribution in [0.1, 0.15) is 17.5 Å². The summed E-state index contributed by atoms with van der Waals surface area (Å²) in [4.78, 5) is 17.7. The minimum absolute atomic E-state index is 0.0266. The number of nitrogens with zero attached hydrogens (tertiary/aromatic N) is 6. The van der Waals surface area contributed by atoms with Crippen LogP contribution >= 0.6 is 11.6 Å². The minimum atomic E-state index is -4.42. The third kappa shape index (κ3) is 4.83. The van der Waals surface area contributed by atoms with Gasteiger partial charge < -0.3 is 9.80 Å². The highest BCUT2D eigenvalue weighted by molar-refractivity contribution is 6.30. The second-order valence-corrected chi connectivity index (χ2v) is 9.36. The number of anilines is 1. The van der Waals surface area contributed by atoms with Gasteiger partial charge in [0.25, 0.3) is 0 Å². The maximum absolute atomic E-state index is 13.2. The molecule has 188 valence electrons. The molecule has 1 saturated heterocycles. The monoisotopic (exact) mass is 516 g/mol. The number of halogens is 4. The first-order valence-corrected chi connectivity index (χ1v) is 11.9. The van der Waals surface area contributed by atoms with E-state index in [0.717, 1.165) is 61.5 Å². The molecule has 0 aliphatic carbocycles. The topological polar surface area (TPSA) is 58.7 Å². The Labute approximate surface area is 210 Å². The first kappa shape index (κ1) is 24.3. The molecule has 36 heavy (non-hydrogen) atoms. The third-order valence-corrected chi connectivity index (χ3v) is 6.64. The Morgan fingerprint density at radius 3 is 2.39 bits per heavy atom. The molecule has 0 N–H and O–H groups in total. The van der Waals surface area contributed by atoms with Crippen LogP contribution in [-0.4, -0.2) is 57.5 Å². The molecule has 4 aromatic rings. The predicted molar refractivity (Wildman–Crippen MR) is 133 cm³/mol. The van der Waals surface area contributed by atoms with Crippen LogP contribution in [0.15, 0.2) is 59.5 Å². The van der Waals surface area contributed by atoms with Gasteiger partial charge in [-0.2, -0.15) is 22.8 Å². The van der Waals surface area contributed by atoms with Gasteiger partial charge >= 0.3 is 11.9 Å². The van der Waals surface area contributed by atoms with E-state index >= 15 is 0 Å². The molecule has 0 atom stereocenters. The average molecular weight is 517 g/mol. The van der Waals surface area contributed by atoms with Crippen LogP contribution in [-0.2, 0) is 12.7 Å². The lowest BCUT2D eigenvalue weighted by Gasteiger charge is -2.25. The normalized spacial score (nSPS) is 15.4. The Morgan fingerprint density at radius 2 is 1.69 bits per heavy atom. The zero-order chi connectivity index (χ0) is 25.4. The SMILES string of the molecule is CN1CCCN(c2c(-c3ccc(Cl)cc3)cnn3c(=O)n(Cc4ccc(C(F)(F)F)cc4)nc23)CC1. The van der Waals surface area contributed by atoms with E-state index in [1.165, 1.54) is 21.3 Å². The molecule has 5 rings (SSSR count). The van der Waals surface area contributed by atoms with Gasteiger partial charge in [-0.1, -0.05) is 35.9 Å². The van der Waals surface area contributed by atoms with E-state index in [9.17, 15) is 18.0 Å². The lowest BCUT2D eigenvalue weighted by molar-refractivity contribution is -0.137. The van der Waals surface area contributed by atoms with Crippen molar-refractivity contribution in [3.63, 3.8) is 0 Å². The van der Waals surface area contributed by atoms with Crippen LogP contribution in [0, 0.1) is 0 Å². The van der Waals surface area contributed by atoms with Crippen molar-refractivity contribution in [2.75, 3.05) is 38.1 Å². The zero-order valence-electron chi connectivity index (χ0n) is 19.5. The number of hydrogen-bond acceptors (Lipinski definition) is 5. The van der Waals surface area contributed by atoms with Crippen LogP contribution in [0.3, 0.4) is 0 Å². The lowest BCUT2D eigenvalue weighted by Crippen LogP contribution is -2.30. The number of likely N-dealkylation sites (N-methyl/N-ethyl adjacent to an activating group) is 1. The predicted octanol–water partition coefficient (Wildman–Crippen LogP) is 4.42. The van der Waals surface area contributed by atoms with E-state index < -0.39 is 17.4 Å². The Balaban J connectivity index is 1.60. The van der Waals surface area contributed by atoms with Gasteiger partial charge in [0.05, 0.1) is 24.0 Å². The molecular formula is C25H24ClF3N6O. The molecule has 1 aliphatic rings.